The molecule has 1 aromatic rings. The van der Waals surface area contributed by atoms with E-state index in [9.17, 15) is 9.18 Å². The minimum atomic E-state index is -0.370. The number of hydrogen-bond donors (Lipinski definition) is 1. The summed E-state index contributed by atoms with van der Waals surface area (Å²) in [5, 5.41) is 2.92. The van der Waals surface area contributed by atoms with Crippen LogP contribution in [0.15, 0.2) is 18.2 Å². The Morgan fingerprint density at radius 2 is 2.23 bits per heavy atom. The van der Waals surface area contributed by atoms with Crippen LogP contribution in [0, 0.1) is 5.82 Å². The highest BCUT2D eigenvalue weighted by Crippen LogP contribution is 2.11. The molecule has 3 heteroatoms. The number of rotatable bonds is 3. The average Bonchev–Trinajstić information content (AvgIpc) is 2.08. The second kappa shape index (κ2) is 4.14. The first-order valence-corrected chi connectivity index (χ1v) is 4.09. The first-order chi connectivity index (χ1) is 6.15. The molecule has 1 rings (SSSR count). The molecule has 0 fully saturated rings. The molecule has 13 heavy (non-hydrogen) atoms. The van der Waals surface area contributed by atoms with Gasteiger partial charge in [0.05, 0.1) is 0 Å². The summed E-state index contributed by atoms with van der Waals surface area (Å²) in [5.41, 5.74) is 1.28. The van der Waals surface area contributed by atoms with Crippen LogP contribution in [0.2, 0.25) is 0 Å². The molecule has 0 spiro atoms. The first kappa shape index (κ1) is 9.86. The van der Waals surface area contributed by atoms with Gasteiger partial charge >= 0.3 is 0 Å². The highest BCUT2D eigenvalue weighted by Gasteiger charge is 2.07. The number of nitrogens with one attached hydrogen (secondary N) is 1. The molecule has 1 N–H and O–H groups in total. The minimum absolute atomic E-state index is 0.107. The predicted octanol–water partition coefficient (Wildman–Crippen LogP) is 1.75. The van der Waals surface area contributed by atoms with Crippen molar-refractivity contribution in [2.75, 3.05) is 7.05 Å². The van der Waals surface area contributed by atoms with Gasteiger partial charge in [-0.05, 0) is 31.7 Å². The molecule has 0 saturated carbocycles. The Morgan fingerprint density at radius 1 is 1.54 bits per heavy atom. The third-order valence-corrected chi connectivity index (χ3v) is 1.82. The number of carbonyl (C=O) groups excluding carboxylic acids is 1. The number of ketones is 1. The Kier molecular flexibility index (Phi) is 3.14. The van der Waals surface area contributed by atoms with E-state index < -0.39 is 0 Å². The summed E-state index contributed by atoms with van der Waals surface area (Å²) >= 11 is 0. The van der Waals surface area contributed by atoms with Crippen molar-refractivity contribution in [3.63, 3.8) is 0 Å². The summed E-state index contributed by atoms with van der Waals surface area (Å²) in [7, 11) is 1.78. The molecule has 0 radical (unpaired) electrons. The summed E-state index contributed by atoms with van der Waals surface area (Å²) in [4.78, 5) is 11.1. The van der Waals surface area contributed by atoms with Gasteiger partial charge in [-0.3, -0.25) is 4.79 Å². The van der Waals surface area contributed by atoms with Crippen LogP contribution in [-0.2, 0) is 6.54 Å². The van der Waals surface area contributed by atoms with Crippen molar-refractivity contribution < 1.29 is 9.18 Å². The van der Waals surface area contributed by atoms with Gasteiger partial charge in [-0.1, -0.05) is 6.07 Å². The highest BCUT2D eigenvalue weighted by molar-refractivity contribution is 5.95. The van der Waals surface area contributed by atoms with Gasteiger partial charge in [-0.25, -0.2) is 4.39 Å². The maximum absolute atomic E-state index is 12.8. The number of Topliss-reactive ketones (excluding diaryl/α,β-unsaturated/α-hetero) is 1. The van der Waals surface area contributed by atoms with Crippen LogP contribution in [0.4, 0.5) is 4.39 Å². The van der Waals surface area contributed by atoms with Crippen molar-refractivity contribution in [3.05, 3.63) is 35.1 Å². The Balaban J connectivity index is 3.10. The van der Waals surface area contributed by atoms with Gasteiger partial charge in [0.15, 0.2) is 5.78 Å². The van der Waals surface area contributed by atoms with E-state index in [2.05, 4.69) is 5.32 Å². The topological polar surface area (TPSA) is 29.1 Å². The van der Waals surface area contributed by atoms with E-state index in [0.717, 1.165) is 5.56 Å². The fourth-order valence-electron chi connectivity index (χ4n) is 1.22. The smallest absolute Gasteiger partial charge is 0.160 e. The monoisotopic (exact) mass is 181 g/mol. The third-order valence-electron chi connectivity index (χ3n) is 1.82. The SMILES string of the molecule is CNCc1ccc(F)cc1C(C)=O. The van der Waals surface area contributed by atoms with E-state index >= 15 is 0 Å². The predicted molar refractivity (Wildman–Crippen MR) is 49.2 cm³/mol. The molecule has 0 heterocycles. The lowest BCUT2D eigenvalue weighted by Crippen LogP contribution is -2.09. The summed E-state index contributed by atoms with van der Waals surface area (Å²) < 4.78 is 12.8. The van der Waals surface area contributed by atoms with E-state index in [0.29, 0.717) is 12.1 Å². The molecule has 0 unspecified atom stereocenters. The standard InChI is InChI=1S/C10H12FNO/c1-7(13)10-5-9(11)4-3-8(10)6-12-2/h3-5,12H,6H2,1-2H3. The Hall–Kier alpha value is -1.22. The lowest BCUT2D eigenvalue weighted by Gasteiger charge is -2.05. The van der Waals surface area contributed by atoms with E-state index in [1.165, 1.54) is 19.1 Å². The second-order valence-corrected chi connectivity index (χ2v) is 2.89. The van der Waals surface area contributed by atoms with Crippen molar-refractivity contribution in [3.8, 4) is 0 Å². The van der Waals surface area contributed by atoms with Crippen LogP contribution in [0.3, 0.4) is 0 Å². The van der Waals surface area contributed by atoms with Gasteiger partial charge in [0, 0.05) is 12.1 Å². The summed E-state index contributed by atoms with van der Waals surface area (Å²) in [6, 6.07) is 4.26. The van der Waals surface area contributed by atoms with Crippen LogP contribution in [0.1, 0.15) is 22.8 Å². The van der Waals surface area contributed by atoms with Gasteiger partial charge in [0.1, 0.15) is 5.82 Å². The zero-order valence-corrected chi connectivity index (χ0v) is 7.73. The molecular weight excluding hydrogens is 169 g/mol. The molecule has 2 nitrogen and oxygen atoms in total. The molecule has 0 bridgehead atoms. The van der Waals surface area contributed by atoms with E-state index in [1.54, 1.807) is 13.1 Å². The van der Waals surface area contributed by atoms with Crippen molar-refractivity contribution >= 4 is 5.78 Å². The van der Waals surface area contributed by atoms with Crippen molar-refractivity contribution in [1.82, 2.24) is 5.32 Å². The molecule has 0 aliphatic carbocycles. The highest BCUT2D eigenvalue weighted by atomic mass is 19.1. The van der Waals surface area contributed by atoms with Crippen molar-refractivity contribution in [2.24, 2.45) is 0 Å². The summed E-state index contributed by atoms with van der Waals surface area (Å²) in [6.45, 7) is 2.02. The van der Waals surface area contributed by atoms with E-state index in [-0.39, 0.29) is 11.6 Å². The Bertz CT molecular complexity index is 323. The van der Waals surface area contributed by atoms with Crippen LogP contribution in [0.25, 0.3) is 0 Å². The molecule has 0 aliphatic heterocycles. The second-order valence-electron chi connectivity index (χ2n) is 2.89. The van der Waals surface area contributed by atoms with Crippen molar-refractivity contribution in [1.29, 1.82) is 0 Å². The van der Waals surface area contributed by atoms with E-state index in [4.69, 9.17) is 0 Å². The molecule has 70 valence electrons. The first-order valence-electron chi connectivity index (χ1n) is 4.09. The van der Waals surface area contributed by atoms with Crippen LogP contribution >= 0.6 is 0 Å². The van der Waals surface area contributed by atoms with Gasteiger partial charge in [-0.2, -0.15) is 0 Å². The zero-order chi connectivity index (χ0) is 9.84. The third kappa shape index (κ3) is 2.36. The fourth-order valence-corrected chi connectivity index (χ4v) is 1.22. The zero-order valence-electron chi connectivity index (χ0n) is 7.73. The van der Waals surface area contributed by atoms with Gasteiger partial charge < -0.3 is 5.32 Å². The maximum Gasteiger partial charge on any atom is 0.160 e. The molecule has 0 aliphatic rings. The van der Waals surface area contributed by atoms with Crippen LogP contribution in [-0.4, -0.2) is 12.8 Å². The van der Waals surface area contributed by atoms with Gasteiger partial charge in [-0.15, -0.1) is 0 Å². The molecule has 0 atom stereocenters. The quantitative estimate of drug-likeness (QED) is 0.720. The van der Waals surface area contributed by atoms with Crippen LogP contribution < -0.4 is 5.32 Å². The molecule has 1 aromatic carbocycles. The number of carbonyl (C=O) groups is 1. The Labute approximate surface area is 76.8 Å². The lowest BCUT2D eigenvalue weighted by atomic mass is 10.0. The molecule has 0 saturated heterocycles. The number of halogens is 1. The van der Waals surface area contributed by atoms with Crippen molar-refractivity contribution in [2.45, 2.75) is 13.5 Å². The summed E-state index contributed by atoms with van der Waals surface area (Å²) in [6.07, 6.45) is 0. The maximum atomic E-state index is 12.8. The average molecular weight is 181 g/mol. The lowest BCUT2D eigenvalue weighted by molar-refractivity contribution is 0.101. The summed E-state index contributed by atoms with van der Waals surface area (Å²) in [5.74, 6) is -0.477. The minimum Gasteiger partial charge on any atom is -0.316 e. The van der Waals surface area contributed by atoms with Gasteiger partial charge in [0.25, 0.3) is 0 Å². The Morgan fingerprint density at radius 3 is 2.77 bits per heavy atom. The van der Waals surface area contributed by atoms with Gasteiger partial charge in [0.2, 0.25) is 0 Å². The van der Waals surface area contributed by atoms with E-state index in [1.807, 2.05) is 0 Å². The molecular formula is C10H12FNO. The largest absolute Gasteiger partial charge is 0.316 e. The molecule has 0 amide bonds. The number of benzene rings is 1. The fraction of sp³-hybridized carbons (Fsp3) is 0.300. The van der Waals surface area contributed by atoms with Crippen LogP contribution in [0.5, 0.6) is 0 Å². The molecule has 0 aromatic heterocycles. The number of hydrogen-bond acceptors (Lipinski definition) is 2. The normalized spacial score (nSPS) is 10.1.